The fourth-order valence-electron chi connectivity index (χ4n) is 2.14. The summed E-state index contributed by atoms with van der Waals surface area (Å²) in [6.07, 6.45) is 1.63. The average molecular weight is 348 g/mol. The molecular weight excluding hydrogens is 336 g/mol. The van der Waals surface area contributed by atoms with Crippen LogP contribution in [0.3, 0.4) is 0 Å². The molecule has 0 bridgehead atoms. The number of thiophene rings is 1. The Kier molecular flexibility index (Phi) is 4.01. The SMILES string of the molecule is COC(=O)c1sccc1S(=O)(=O)Nc1cccc2ncccc12. The van der Waals surface area contributed by atoms with Crippen LogP contribution in [0.1, 0.15) is 9.67 Å². The third-order valence-electron chi connectivity index (χ3n) is 3.18. The zero-order valence-electron chi connectivity index (χ0n) is 12.0. The van der Waals surface area contributed by atoms with Gasteiger partial charge in [0.15, 0.2) is 0 Å². The van der Waals surface area contributed by atoms with Gasteiger partial charge in [-0.2, -0.15) is 0 Å². The number of carbonyl (C=O) groups is 1. The number of anilines is 1. The van der Waals surface area contributed by atoms with Crippen molar-refractivity contribution in [1.29, 1.82) is 0 Å². The van der Waals surface area contributed by atoms with E-state index in [1.54, 1.807) is 36.5 Å². The van der Waals surface area contributed by atoms with Crippen molar-refractivity contribution in [1.82, 2.24) is 4.98 Å². The lowest BCUT2D eigenvalue weighted by Gasteiger charge is -2.10. The topological polar surface area (TPSA) is 85.4 Å². The number of fused-ring (bicyclic) bond motifs is 1. The van der Waals surface area contributed by atoms with E-state index >= 15 is 0 Å². The molecule has 3 aromatic rings. The minimum Gasteiger partial charge on any atom is -0.465 e. The highest BCUT2D eigenvalue weighted by atomic mass is 32.2. The molecule has 0 aliphatic carbocycles. The van der Waals surface area contributed by atoms with Gasteiger partial charge in [0.2, 0.25) is 0 Å². The largest absolute Gasteiger partial charge is 0.465 e. The Morgan fingerprint density at radius 3 is 2.83 bits per heavy atom. The third kappa shape index (κ3) is 2.90. The molecule has 1 N–H and O–H groups in total. The number of carbonyl (C=O) groups excluding carboxylic acids is 1. The number of aromatic nitrogens is 1. The molecule has 0 aliphatic rings. The molecule has 2 heterocycles. The van der Waals surface area contributed by atoms with Gasteiger partial charge in [-0.1, -0.05) is 6.07 Å². The highest BCUT2D eigenvalue weighted by Crippen LogP contribution is 2.28. The number of ether oxygens (including phenoxy) is 1. The van der Waals surface area contributed by atoms with Crippen molar-refractivity contribution in [3.05, 3.63) is 52.9 Å². The van der Waals surface area contributed by atoms with Crippen molar-refractivity contribution in [2.24, 2.45) is 0 Å². The number of benzene rings is 1. The first-order valence-corrected chi connectivity index (χ1v) is 8.91. The quantitative estimate of drug-likeness (QED) is 0.733. The zero-order chi connectivity index (χ0) is 16.4. The number of rotatable bonds is 4. The summed E-state index contributed by atoms with van der Waals surface area (Å²) in [5.41, 5.74) is 1.07. The van der Waals surface area contributed by atoms with Gasteiger partial charge in [-0.25, -0.2) is 13.2 Å². The minimum absolute atomic E-state index is 0.0401. The summed E-state index contributed by atoms with van der Waals surface area (Å²) in [5.74, 6) is -0.681. The van der Waals surface area contributed by atoms with Crippen molar-refractivity contribution in [3.8, 4) is 0 Å². The molecule has 118 valence electrons. The molecule has 0 saturated heterocycles. The number of pyridine rings is 1. The first kappa shape index (κ1) is 15.4. The molecule has 8 heteroatoms. The molecule has 0 saturated carbocycles. The number of nitrogens with one attached hydrogen (secondary N) is 1. The molecule has 0 amide bonds. The van der Waals surface area contributed by atoms with Crippen LogP contribution in [0, 0.1) is 0 Å². The van der Waals surface area contributed by atoms with E-state index in [2.05, 4.69) is 14.4 Å². The van der Waals surface area contributed by atoms with Gasteiger partial charge >= 0.3 is 5.97 Å². The van der Waals surface area contributed by atoms with Crippen LogP contribution in [0.4, 0.5) is 5.69 Å². The number of nitrogens with zero attached hydrogens (tertiary/aromatic N) is 1. The number of esters is 1. The number of methoxy groups -OCH3 is 1. The van der Waals surface area contributed by atoms with Gasteiger partial charge in [-0.3, -0.25) is 9.71 Å². The summed E-state index contributed by atoms with van der Waals surface area (Å²) < 4.78 is 32.4. The lowest BCUT2D eigenvalue weighted by atomic mass is 10.2. The summed E-state index contributed by atoms with van der Waals surface area (Å²) in [4.78, 5) is 15.8. The van der Waals surface area contributed by atoms with E-state index < -0.39 is 16.0 Å². The summed E-state index contributed by atoms with van der Waals surface area (Å²) in [6, 6.07) is 10.0. The molecule has 0 radical (unpaired) electrons. The van der Waals surface area contributed by atoms with Crippen LogP contribution in [0.25, 0.3) is 10.9 Å². The smallest absolute Gasteiger partial charge is 0.349 e. The van der Waals surface area contributed by atoms with Crippen molar-refractivity contribution < 1.29 is 17.9 Å². The second-order valence-electron chi connectivity index (χ2n) is 4.59. The van der Waals surface area contributed by atoms with E-state index in [0.717, 1.165) is 11.3 Å². The number of hydrogen-bond acceptors (Lipinski definition) is 6. The average Bonchev–Trinajstić information content (AvgIpc) is 3.05. The predicted octanol–water partition coefficient (Wildman–Crippen LogP) is 2.88. The summed E-state index contributed by atoms with van der Waals surface area (Å²) in [5, 5.41) is 2.21. The fraction of sp³-hybridized carbons (Fsp3) is 0.0667. The molecule has 1 aromatic carbocycles. The monoisotopic (exact) mass is 348 g/mol. The van der Waals surface area contributed by atoms with Crippen LogP contribution >= 0.6 is 11.3 Å². The van der Waals surface area contributed by atoms with Crippen molar-refractivity contribution in [2.75, 3.05) is 11.8 Å². The van der Waals surface area contributed by atoms with E-state index in [9.17, 15) is 13.2 Å². The van der Waals surface area contributed by atoms with Gasteiger partial charge in [0.25, 0.3) is 10.0 Å². The Morgan fingerprint density at radius 2 is 2.04 bits per heavy atom. The number of hydrogen-bond donors (Lipinski definition) is 1. The molecule has 0 unspecified atom stereocenters. The molecule has 6 nitrogen and oxygen atoms in total. The van der Waals surface area contributed by atoms with Gasteiger partial charge in [-0.05, 0) is 35.7 Å². The molecular formula is C15H12N2O4S2. The van der Waals surface area contributed by atoms with E-state index in [1.807, 2.05) is 0 Å². The van der Waals surface area contributed by atoms with Gasteiger partial charge in [-0.15, -0.1) is 11.3 Å². The van der Waals surface area contributed by atoms with E-state index in [-0.39, 0.29) is 9.77 Å². The molecule has 0 spiro atoms. The van der Waals surface area contributed by atoms with Crippen molar-refractivity contribution >= 4 is 43.9 Å². The molecule has 0 fully saturated rings. The first-order chi connectivity index (χ1) is 11.0. The van der Waals surface area contributed by atoms with Crippen molar-refractivity contribution in [3.63, 3.8) is 0 Å². The highest BCUT2D eigenvalue weighted by Gasteiger charge is 2.25. The van der Waals surface area contributed by atoms with E-state index in [1.165, 1.54) is 18.6 Å². The lowest BCUT2D eigenvalue weighted by Crippen LogP contribution is -2.16. The Labute approximate surface area is 136 Å². The Morgan fingerprint density at radius 1 is 1.22 bits per heavy atom. The Hall–Kier alpha value is -2.45. The molecule has 0 atom stereocenters. The summed E-state index contributed by atoms with van der Waals surface area (Å²) >= 11 is 1.02. The lowest BCUT2D eigenvalue weighted by molar-refractivity contribution is 0.0602. The third-order valence-corrected chi connectivity index (χ3v) is 5.61. The first-order valence-electron chi connectivity index (χ1n) is 6.55. The summed E-state index contributed by atoms with van der Waals surface area (Å²) in [7, 11) is -2.70. The fourth-order valence-corrected chi connectivity index (χ4v) is 4.56. The van der Waals surface area contributed by atoms with Crippen LogP contribution in [0.2, 0.25) is 0 Å². The van der Waals surface area contributed by atoms with Crippen LogP contribution in [0.15, 0.2) is 52.9 Å². The second-order valence-corrected chi connectivity index (χ2v) is 7.15. The maximum Gasteiger partial charge on any atom is 0.349 e. The van der Waals surface area contributed by atoms with Crippen LogP contribution in [-0.4, -0.2) is 26.5 Å². The van der Waals surface area contributed by atoms with Gasteiger partial charge < -0.3 is 4.74 Å². The molecule has 2 aromatic heterocycles. The van der Waals surface area contributed by atoms with Crippen LogP contribution in [-0.2, 0) is 14.8 Å². The highest BCUT2D eigenvalue weighted by molar-refractivity contribution is 7.93. The normalized spacial score (nSPS) is 11.3. The Bertz CT molecular complexity index is 975. The van der Waals surface area contributed by atoms with Crippen LogP contribution < -0.4 is 4.72 Å². The molecule has 0 aliphatic heterocycles. The maximum absolute atomic E-state index is 12.6. The standard InChI is InChI=1S/C15H12N2O4S2/c1-21-15(18)14-13(7-9-22-14)23(19,20)17-12-6-2-5-11-10(12)4-3-8-16-11/h2-9,17H,1H3. The molecule has 3 rings (SSSR count). The number of sulfonamides is 1. The Balaban J connectivity index is 2.05. The van der Waals surface area contributed by atoms with E-state index in [4.69, 9.17) is 0 Å². The van der Waals surface area contributed by atoms with Crippen LogP contribution in [0.5, 0.6) is 0 Å². The van der Waals surface area contributed by atoms with Gasteiger partial charge in [0, 0.05) is 11.6 Å². The maximum atomic E-state index is 12.6. The van der Waals surface area contributed by atoms with Crippen molar-refractivity contribution in [2.45, 2.75) is 4.90 Å². The van der Waals surface area contributed by atoms with Gasteiger partial charge in [0.1, 0.15) is 9.77 Å². The van der Waals surface area contributed by atoms with Gasteiger partial charge in [0.05, 0.1) is 18.3 Å². The predicted molar refractivity (Wildman–Crippen MR) is 88.2 cm³/mol. The summed E-state index contributed by atoms with van der Waals surface area (Å²) in [6.45, 7) is 0. The van der Waals surface area contributed by atoms with E-state index in [0.29, 0.717) is 16.6 Å². The second kappa shape index (κ2) is 5.98. The zero-order valence-corrected chi connectivity index (χ0v) is 13.6. The minimum atomic E-state index is -3.92. The molecule has 23 heavy (non-hydrogen) atoms.